The lowest BCUT2D eigenvalue weighted by molar-refractivity contribution is -0.114. The van der Waals surface area contributed by atoms with Gasteiger partial charge in [-0.1, -0.05) is 5.92 Å². The smallest absolute Gasteiger partial charge is 0.281 e. The molecule has 0 unspecified atom stereocenters. The number of rotatable bonds is 8. The minimum absolute atomic E-state index is 0.142. The van der Waals surface area contributed by atoms with Gasteiger partial charge in [0.1, 0.15) is 18.1 Å². The first-order valence-electron chi connectivity index (χ1n) is 10.0. The molecule has 0 spiro atoms. The average Bonchev–Trinajstić information content (AvgIpc) is 2.97. The first-order valence-corrected chi connectivity index (χ1v) is 11.5. The summed E-state index contributed by atoms with van der Waals surface area (Å²) >= 11 is 7.72. The lowest BCUT2D eigenvalue weighted by Crippen LogP contribution is -2.31. The summed E-state index contributed by atoms with van der Waals surface area (Å²) in [5, 5.41) is 0.402. The Hall–Kier alpha value is -2.77. The van der Waals surface area contributed by atoms with Crippen LogP contribution in [0.2, 0.25) is 0 Å². The minimum Gasteiger partial charge on any atom is -0.494 e. The van der Waals surface area contributed by atoms with Crippen LogP contribution in [0.5, 0.6) is 17.2 Å². The van der Waals surface area contributed by atoms with Crippen LogP contribution in [0.25, 0.3) is 6.08 Å². The van der Waals surface area contributed by atoms with Gasteiger partial charge in [-0.05, 0) is 96.7 Å². The summed E-state index contributed by atoms with van der Waals surface area (Å²) in [5.41, 5.74) is 1.93. The van der Waals surface area contributed by atoms with E-state index in [2.05, 4.69) is 28.5 Å². The lowest BCUT2D eigenvalue weighted by Gasteiger charge is -2.16. The van der Waals surface area contributed by atoms with Crippen molar-refractivity contribution in [3.05, 3.63) is 51.2 Å². The van der Waals surface area contributed by atoms with Gasteiger partial charge in [-0.25, -0.2) is 0 Å². The van der Waals surface area contributed by atoms with Gasteiger partial charge in [-0.15, -0.1) is 6.42 Å². The van der Waals surface area contributed by atoms with Crippen LogP contribution in [-0.4, -0.2) is 42.8 Å². The Morgan fingerprint density at radius 1 is 1.12 bits per heavy atom. The predicted molar refractivity (Wildman–Crippen MR) is 138 cm³/mol. The van der Waals surface area contributed by atoms with Crippen LogP contribution in [0.1, 0.15) is 19.4 Å². The van der Waals surface area contributed by atoms with Gasteiger partial charge >= 0.3 is 0 Å². The van der Waals surface area contributed by atoms with Crippen LogP contribution in [-0.2, 0) is 4.79 Å². The molecule has 1 heterocycles. The molecule has 0 saturated carbocycles. The van der Waals surface area contributed by atoms with E-state index in [0.29, 0.717) is 41.2 Å². The topological polar surface area (TPSA) is 51.2 Å². The Bertz CT molecular complexity index is 1090. The van der Waals surface area contributed by atoms with Crippen LogP contribution in [0, 0.1) is 15.9 Å². The molecule has 1 saturated heterocycles. The van der Waals surface area contributed by atoms with Gasteiger partial charge in [0.2, 0.25) is 0 Å². The Balaban J connectivity index is 1.95. The van der Waals surface area contributed by atoms with Gasteiger partial charge in [-0.3, -0.25) is 9.69 Å². The van der Waals surface area contributed by atoms with Crippen molar-refractivity contribution in [1.29, 1.82) is 0 Å². The van der Waals surface area contributed by atoms with Gasteiger partial charge in [-0.2, -0.15) is 0 Å². The van der Waals surface area contributed by atoms with Crippen molar-refractivity contribution in [3.63, 3.8) is 0 Å². The molecule has 166 valence electrons. The van der Waals surface area contributed by atoms with Crippen molar-refractivity contribution in [1.82, 2.24) is 4.90 Å². The van der Waals surface area contributed by atoms with E-state index in [1.807, 2.05) is 50.2 Å². The fraction of sp³-hybridized carbons (Fsp3) is 0.250. The second-order valence-corrected chi connectivity index (χ2v) is 8.22. The number of hydrogen-bond donors (Lipinski definition) is 0. The zero-order valence-electron chi connectivity index (χ0n) is 18.1. The molecule has 1 aliphatic rings. The summed E-state index contributed by atoms with van der Waals surface area (Å²) < 4.78 is 17.7. The van der Waals surface area contributed by atoms with E-state index in [1.165, 1.54) is 4.90 Å². The highest BCUT2D eigenvalue weighted by molar-refractivity contribution is 14.1. The molecule has 6 nitrogen and oxygen atoms in total. The molecule has 0 radical (unpaired) electrons. The molecule has 8 heteroatoms. The summed E-state index contributed by atoms with van der Waals surface area (Å²) in [4.78, 5) is 16.5. The number of terminal acetylenes is 1. The molecule has 1 amide bonds. The summed E-state index contributed by atoms with van der Waals surface area (Å²) in [5.74, 6) is 4.15. The number of anilines is 1. The first-order chi connectivity index (χ1) is 15.4. The molecule has 0 atom stereocenters. The molecule has 1 aliphatic heterocycles. The normalized spacial score (nSPS) is 14.7. The number of hydrogen-bond acceptors (Lipinski definition) is 5. The fourth-order valence-electron chi connectivity index (χ4n) is 3.19. The Morgan fingerprint density at radius 3 is 2.44 bits per heavy atom. The number of nitrogens with zero attached hydrogens (tertiary/aromatic N) is 2. The average molecular weight is 562 g/mol. The summed E-state index contributed by atoms with van der Waals surface area (Å²) in [6.07, 6.45) is 7.11. The van der Waals surface area contributed by atoms with Crippen molar-refractivity contribution in [2.24, 2.45) is 0 Å². The number of amides is 1. The number of ether oxygens (including phenoxy) is 3. The number of carbonyl (C=O) groups is 1. The lowest BCUT2D eigenvalue weighted by atomic mass is 10.1. The van der Waals surface area contributed by atoms with E-state index in [1.54, 1.807) is 18.0 Å². The van der Waals surface area contributed by atoms with Gasteiger partial charge in [0, 0.05) is 7.05 Å². The molecule has 0 aliphatic carbocycles. The highest BCUT2D eigenvalue weighted by atomic mass is 127. The maximum Gasteiger partial charge on any atom is 0.281 e. The summed E-state index contributed by atoms with van der Waals surface area (Å²) in [7, 11) is 1.78. The van der Waals surface area contributed by atoms with E-state index in [4.69, 9.17) is 32.9 Å². The fourth-order valence-corrected chi connectivity index (χ4v) is 4.26. The molecular formula is C24H23IN2O4S. The first kappa shape index (κ1) is 23.9. The SMILES string of the molecule is C#CCOc1c(I)cc(/C=C2/C(=O)N(c3ccc(OCC)cc3)C(=S)N2C)cc1OCC. The molecule has 32 heavy (non-hydrogen) atoms. The second kappa shape index (κ2) is 10.7. The highest BCUT2D eigenvalue weighted by Gasteiger charge is 2.36. The predicted octanol–water partition coefficient (Wildman–Crippen LogP) is 4.71. The van der Waals surface area contributed by atoms with Crippen LogP contribution in [0.3, 0.4) is 0 Å². The maximum atomic E-state index is 13.3. The van der Waals surface area contributed by atoms with Crippen molar-refractivity contribution in [3.8, 4) is 29.6 Å². The molecule has 0 N–H and O–H groups in total. The molecule has 2 aromatic rings. The molecule has 1 fully saturated rings. The van der Waals surface area contributed by atoms with Crippen LogP contribution >= 0.6 is 34.8 Å². The maximum absolute atomic E-state index is 13.3. The number of thiocarbonyl (C=S) groups is 1. The molecule has 3 rings (SSSR count). The van der Waals surface area contributed by atoms with Crippen molar-refractivity contribution in [2.75, 3.05) is 31.8 Å². The number of benzene rings is 2. The zero-order valence-corrected chi connectivity index (χ0v) is 21.0. The highest BCUT2D eigenvalue weighted by Crippen LogP contribution is 2.36. The van der Waals surface area contributed by atoms with E-state index in [9.17, 15) is 4.79 Å². The molecular weight excluding hydrogens is 539 g/mol. The van der Waals surface area contributed by atoms with Gasteiger partial charge in [0.15, 0.2) is 16.6 Å². The van der Waals surface area contributed by atoms with Crippen molar-refractivity contribution >= 4 is 57.6 Å². The minimum atomic E-state index is -0.206. The summed E-state index contributed by atoms with van der Waals surface area (Å²) in [6, 6.07) is 11.0. The quantitative estimate of drug-likeness (QED) is 0.201. The van der Waals surface area contributed by atoms with Crippen LogP contribution in [0.4, 0.5) is 5.69 Å². The molecule has 2 aromatic carbocycles. The third-order valence-corrected chi connectivity index (χ3v) is 5.86. The van der Waals surface area contributed by atoms with E-state index in [0.717, 1.165) is 14.9 Å². The number of halogens is 1. The largest absolute Gasteiger partial charge is 0.494 e. The molecule has 0 bridgehead atoms. The third kappa shape index (κ3) is 5.00. The Labute approximate surface area is 207 Å². The Kier molecular flexibility index (Phi) is 7.99. The van der Waals surface area contributed by atoms with Gasteiger partial charge < -0.3 is 19.1 Å². The van der Waals surface area contributed by atoms with Crippen LogP contribution < -0.4 is 19.1 Å². The Morgan fingerprint density at radius 2 is 1.81 bits per heavy atom. The van der Waals surface area contributed by atoms with E-state index in [-0.39, 0.29) is 12.5 Å². The molecule has 0 aromatic heterocycles. The second-order valence-electron chi connectivity index (χ2n) is 6.69. The zero-order chi connectivity index (χ0) is 23.3. The van der Waals surface area contributed by atoms with Gasteiger partial charge in [0.05, 0.1) is 22.5 Å². The van der Waals surface area contributed by atoms with Gasteiger partial charge in [0.25, 0.3) is 5.91 Å². The van der Waals surface area contributed by atoms with Crippen LogP contribution in [0.15, 0.2) is 42.1 Å². The summed E-state index contributed by atoms with van der Waals surface area (Å²) in [6.45, 7) is 5.00. The third-order valence-electron chi connectivity index (χ3n) is 4.60. The van der Waals surface area contributed by atoms with E-state index >= 15 is 0 Å². The number of carbonyl (C=O) groups excluding carboxylic acids is 1. The van der Waals surface area contributed by atoms with E-state index < -0.39 is 0 Å². The standard InChI is InChI=1S/C24H23IN2O4S/c1-5-12-31-22-19(25)13-16(15-21(22)30-7-3)14-20-23(28)27(24(32)26(20)4)17-8-10-18(11-9-17)29-6-2/h1,8-11,13-15H,6-7,12H2,2-4H3/b20-14-. The van der Waals surface area contributed by atoms with Crippen molar-refractivity contribution < 1.29 is 19.0 Å². The monoisotopic (exact) mass is 562 g/mol. The van der Waals surface area contributed by atoms with Crippen molar-refractivity contribution in [2.45, 2.75) is 13.8 Å². The number of likely N-dealkylation sites (N-methyl/N-ethyl adjacent to an activating group) is 1.